The molecule has 2 saturated heterocycles. The maximum Gasteiger partial charge on any atom is 0.298 e. The summed E-state index contributed by atoms with van der Waals surface area (Å²) in [7, 11) is 0. The van der Waals surface area contributed by atoms with Crippen LogP contribution in [0.2, 0.25) is 0 Å². The number of anilines is 2. The molecule has 1 aromatic carbocycles. The molecule has 0 unspecified atom stereocenters. The minimum Gasteiger partial charge on any atom is -0.423 e. The first-order chi connectivity index (χ1) is 14.3. The molecule has 5 rings (SSSR count). The van der Waals surface area contributed by atoms with Crippen LogP contribution >= 0.6 is 0 Å². The molecule has 4 heterocycles. The van der Waals surface area contributed by atoms with Crippen LogP contribution in [0.3, 0.4) is 0 Å². The Morgan fingerprint density at radius 1 is 0.862 bits per heavy atom. The fraction of sp³-hybridized carbons (Fsp3) is 0.455. The van der Waals surface area contributed by atoms with Gasteiger partial charge in [-0.2, -0.15) is 4.98 Å². The van der Waals surface area contributed by atoms with E-state index in [2.05, 4.69) is 31.8 Å². The molecule has 2 aliphatic heterocycles. The number of aromatic nitrogens is 2. The van der Waals surface area contributed by atoms with Crippen LogP contribution in [-0.2, 0) is 11.3 Å². The lowest BCUT2D eigenvalue weighted by molar-refractivity contribution is 0.0341. The molecular formula is C22H27N5O2. The van der Waals surface area contributed by atoms with Crippen LogP contribution in [0.4, 0.5) is 11.8 Å². The van der Waals surface area contributed by atoms with E-state index in [-0.39, 0.29) is 0 Å². The number of fused-ring (bicyclic) bond motifs is 1. The Kier molecular flexibility index (Phi) is 5.32. The van der Waals surface area contributed by atoms with Gasteiger partial charge in [-0.25, -0.2) is 4.98 Å². The Morgan fingerprint density at radius 3 is 2.52 bits per heavy atom. The van der Waals surface area contributed by atoms with Gasteiger partial charge in [0.2, 0.25) is 0 Å². The standard InChI is InChI=1S/C22H27N5O2/c1-2-5-20-19(4-1)24-22(29-20)27-9-3-8-26(10-11-27)21-7-6-18(16-23-21)17-25-12-14-28-15-13-25/h1-2,4-7,16H,3,8-15,17H2. The first kappa shape index (κ1) is 18.4. The van der Waals surface area contributed by atoms with Crippen molar-refractivity contribution >= 4 is 22.9 Å². The highest BCUT2D eigenvalue weighted by Gasteiger charge is 2.20. The predicted octanol–water partition coefficient (Wildman–Crippen LogP) is 2.77. The van der Waals surface area contributed by atoms with Crippen LogP contribution in [0.1, 0.15) is 12.0 Å². The van der Waals surface area contributed by atoms with E-state index in [9.17, 15) is 0 Å². The minimum absolute atomic E-state index is 0.724. The van der Waals surface area contributed by atoms with E-state index in [0.717, 1.165) is 88.4 Å². The minimum atomic E-state index is 0.724. The van der Waals surface area contributed by atoms with Crippen molar-refractivity contribution in [1.82, 2.24) is 14.9 Å². The van der Waals surface area contributed by atoms with E-state index in [0.29, 0.717) is 0 Å². The van der Waals surface area contributed by atoms with Crippen LogP contribution in [-0.4, -0.2) is 67.4 Å². The Bertz CT molecular complexity index is 903. The van der Waals surface area contributed by atoms with Gasteiger partial charge in [-0.1, -0.05) is 18.2 Å². The smallest absolute Gasteiger partial charge is 0.298 e. The second kappa shape index (κ2) is 8.39. The zero-order valence-electron chi connectivity index (χ0n) is 16.7. The fourth-order valence-corrected chi connectivity index (χ4v) is 4.05. The van der Waals surface area contributed by atoms with E-state index in [1.54, 1.807) is 0 Å². The average molecular weight is 393 g/mol. The van der Waals surface area contributed by atoms with Crippen LogP contribution in [0.15, 0.2) is 47.0 Å². The van der Waals surface area contributed by atoms with Crippen LogP contribution in [0.5, 0.6) is 0 Å². The summed E-state index contributed by atoms with van der Waals surface area (Å²) >= 11 is 0. The Morgan fingerprint density at radius 2 is 1.69 bits per heavy atom. The molecule has 2 aromatic heterocycles. The third-order valence-electron chi connectivity index (χ3n) is 5.69. The summed E-state index contributed by atoms with van der Waals surface area (Å²) in [5.41, 5.74) is 3.03. The molecule has 29 heavy (non-hydrogen) atoms. The van der Waals surface area contributed by atoms with Gasteiger partial charge in [-0.05, 0) is 30.2 Å². The number of benzene rings is 1. The molecule has 0 N–H and O–H groups in total. The van der Waals surface area contributed by atoms with Crippen molar-refractivity contribution < 1.29 is 9.15 Å². The number of oxazole rings is 1. The van der Waals surface area contributed by atoms with Crippen LogP contribution in [0, 0.1) is 0 Å². The number of nitrogens with zero attached hydrogens (tertiary/aromatic N) is 5. The number of para-hydroxylation sites is 2. The first-order valence-electron chi connectivity index (χ1n) is 10.5. The van der Waals surface area contributed by atoms with Crippen molar-refractivity contribution in [1.29, 1.82) is 0 Å². The van der Waals surface area contributed by atoms with Crippen molar-refractivity contribution in [2.24, 2.45) is 0 Å². The van der Waals surface area contributed by atoms with Crippen molar-refractivity contribution in [2.45, 2.75) is 13.0 Å². The second-order valence-electron chi connectivity index (χ2n) is 7.70. The van der Waals surface area contributed by atoms with Crippen molar-refractivity contribution in [2.75, 3.05) is 62.3 Å². The van der Waals surface area contributed by atoms with E-state index in [4.69, 9.17) is 14.1 Å². The number of ether oxygens (including phenoxy) is 1. The molecule has 7 nitrogen and oxygen atoms in total. The summed E-state index contributed by atoms with van der Waals surface area (Å²) in [6.45, 7) is 8.33. The van der Waals surface area contributed by atoms with Crippen molar-refractivity contribution in [3.8, 4) is 0 Å². The molecule has 0 spiro atoms. The second-order valence-corrected chi connectivity index (χ2v) is 7.70. The first-order valence-corrected chi connectivity index (χ1v) is 10.5. The summed E-state index contributed by atoms with van der Waals surface area (Å²) in [6.07, 6.45) is 3.07. The SMILES string of the molecule is c1ccc2oc(N3CCCN(c4ccc(CN5CCOCC5)cn4)CC3)nc2c1. The third-order valence-corrected chi connectivity index (χ3v) is 5.69. The van der Waals surface area contributed by atoms with E-state index >= 15 is 0 Å². The van der Waals surface area contributed by atoms with Gasteiger partial charge in [-0.3, -0.25) is 4.90 Å². The van der Waals surface area contributed by atoms with Crippen molar-refractivity contribution in [3.63, 3.8) is 0 Å². The molecule has 2 aliphatic rings. The van der Waals surface area contributed by atoms with E-state index < -0.39 is 0 Å². The average Bonchev–Trinajstić information content (AvgIpc) is 3.05. The van der Waals surface area contributed by atoms with Gasteiger partial charge in [0.05, 0.1) is 13.2 Å². The molecule has 0 saturated carbocycles. The maximum absolute atomic E-state index is 5.96. The molecule has 3 aromatic rings. The van der Waals surface area contributed by atoms with Crippen LogP contribution in [0.25, 0.3) is 11.1 Å². The molecule has 0 atom stereocenters. The highest BCUT2D eigenvalue weighted by Crippen LogP contribution is 2.23. The molecule has 152 valence electrons. The number of pyridine rings is 1. The molecule has 0 radical (unpaired) electrons. The lowest BCUT2D eigenvalue weighted by Crippen LogP contribution is -2.35. The van der Waals surface area contributed by atoms with Gasteiger partial charge in [-0.15, -0.1) is 0 Å². The fourth-order valence-electron chi connectivity index (χ4n) is 4.05. The Hall–Kier alpha value is -2.64. The van der Waals surface area contributed by atoms with Gasteiger partial charge in [0.1, 0.15) is 11.3 Å². The molecule has 0 bridgehead atoms. The largest absolute Gasteiger partial charge is 0.423 e. The summed E-state index contributed by atoms with van der Waals surface area (Å²) in [5, 5.41) is 0. The monoisotopic (exact) mass is 393 g/mol. The molecule has 7 heteroatoms. The van der Waals surface area contributed by atoms with Gasteiger partial charge < -0.3 is 19.0 Å². The third kappa shape index (κ3) is 4.21. The summed E-state index contributed by atoms with van der Waals surface area (Å²) in [5.74, 6) is 1.05. The highest BCUT2D eigenvalue weighted by molar-refractivity contribution is 5.74. The molecular weight excluding hydrogens is 366 g/mol. The van der Waals surface area contributed by atoms with Gasteiger partial charge >= 0.3 is 0 Å². The Balaban J connectivity index is 1.22. The summed E-state index contributed by atoms with van der Waals surface area (Å²) in [6, 6.07) is 13.0. The normalized spacial score (nSPS) is 18.9. The number of rotatable bonds is 4. The highest BCUT2D eigenvalue weighted by atomic mass is 16.5. The van der Waals surface area contributed by atoms with Gasteiger partial charge in [0, 0.05) is 52.0 Å². The topological polar surface area (TPSA) is 57.9 Å². The van der Waals surface area contributed by atoms with E-state index in [1.807, 2.05) is 30.5 Å². The predicted molar refractivity (Wildman–Crippen MR) is 113 cm³/mol. The quantitative estimate of drug-likeness (QED) is 0.675. The number of hydrogen-bond acceptors (Lipinski definition) is 7. The van der Waals surface area contributed by atoms with Gasteiger partial charge in [0.25, 0.3) is 6.01 Å². The lowest BCUT2D eigenvalue weighted by Gasteiger charge is -2.27. The molecule has 0 amide bonds. The molecule has 0 aliphatic carbocycles. The zero-order chi connectivity index (χ0) is 19.5. The number of hydrogen-bond donors (Lipinski definition) is 0. The van der Waals surface area contributed by atoms with Crippen LogP contribution < -0.4 is 9.80 Å². The summed E-state index contributed by atoms with van der Waals surface area (Å²) < 4.78 is 11.4. The lowest BCUT2D eigenvalue weighted by atomic mass is 10.2. The van der Waals surface area contributed by atoms with Crippen molar-refractivity contribution in [3.05, 3.63) is 48.2 Å². The number of morpholine rings is 1. The molecule has 2 fully saturated rings. The maximum atomic E-state index is 5.96. The van der Waals surface area contributed by atoms with E-state index in [1.165, 1.54) is 5.56 Å². The summed E-state index contributed by atoms with van der Waals surface area (Å²) in [4.78, 5) is 16.4. The Labute approximate surface area is 170 Å². The van der Waals surface area contributed by atoms with Gasteiger partial charge in [0.15, 0.2) is 5.58 Å². The zero-order valence-corrected chi connectivity index (χ0v) is 16.7.